The number of anilines is 1. The minimum absolute atomic E-state index is 0.000557. The number of quaternary nitrogens is 1. The molecule has 4 rings (SSSR count). The van der Waals surface area contributed by atoms with Crippen LogP contribution in [0.5, 0.6) is 0 Å². The van der Waals surface area contributed by atoms with Gasteiger partial charge in [0.25, 0.3) is 6.09 Å². The molecule has 0 radical (unpaired) electrons. The van der Waals surface area contributed by atoms with Crippen molar-refractivity contribution in [3.63, 3.8) is 0 Å². The van der Waals surface area contributed by atoms with Gasteiger partial charge in [-0.1, -0.05) is 29.8 Å². The summed E-state index contributed by atoms with van der Waals surface area (Å²) in [5, 5.41) is 22.3. The first-order valence-electron chi connectivity index (χ1n) is 15.6. The van der Waals surface area contributed by atoms with E-state index in [1.165, 1.54) is 6.07 Å². The summed E-state index contributed by atoms with van der Waals surface area (Å²) in [6.45, 7) is 9.86. The first kappa shape index (κ1) is 36.4. The van der Waals surface area contributed by atoms with E-state index in [4.69, 9.17) is 16.3 Å². The molecule has 1 fully saturated rings. The molecule has 2 unspecified atom stereocenters. The van der Waals surface area contributed by atoms with E-state index in [-0.39, 0.29) is 48.8 Å². The Morgan fingerprint density at radius 1 is 1.15 bits per heavy atom. The van der Waals surface area contributed by atoms with Gasteiger partial charge in [-0.25, -0.2) is 22.4 Å². The predicted molar refractivity (Wildman–Crippen MR) is 174 cm³/mol. The molecule has 1 aliphatic heterocycles. The Morgan fingerprint density at radius 2 is 1.79 bits per heavy atom. The van der Waals surface area contributed by atoms with Gasteiger partial charge in [0.15, 0.2) is 0 Å². The van der Waals surface area contributed by atoms with Crippen LogP contribution in [0.1, 0.15) is 82.1 Å². The highest BCUT2D eigenvalue weighted by atomic mass is 35.5. The van der Waals surface area contributed by atoms with Crippen LogP contribution in [0.15, 0.2) is 42.0 Å². The van der Waals surface area contributed by atoms with Gasteiger partial charge in [-0.3, -0.25) is 8.79 Å². The lowest BCUT2D eigenvalue weighted by atomic mass is 9.77. The van der Waals surface area contributed by atoms with Crippen molar-refractivity contribution in [2.45, 2.75) is 96.5 Å². The predicted octanol–water partition coefficient (Wildman–Crippen LogP) is 5.51. The zero-order chi connectivity index (χ0) is 35.1. The Bertz CT molecular complexity index is 1710. The maximum atomic E-state index is 14.5. The Morgan fingerprint density at radius 3 is 2.32 bits per heavy atom. The average Bonchev–Trinajstić information content (AvgIpc) is 3.39. The summed E-state index contributed by atoms with van der Waals surface area (Å²) >= 11 is 6.43. The third-order valence-corrected chi connectivity index (χ3v) is 12.0. The lowest BCUT2D eigenvalue weighted by molar-refractivity contribution is -0.952. The summed E-state index contributed by atoms with van der Waals surface area (Å²) in [5.74, 6) is -2.68. The molecule has 0 aromatic heterocycles. The Labute approximate surface area is 280 Å². The monoisotopic (exact) mass is 692 g/mol. The number of aryl methyl sites for hydroxylation is 2. The lowest BCUT2D eigenvalue weighted by Crippen LogP contribution is -2.75. The number of ether oxygens (including phenoxy) is 1. The quantitative estimate of drug-likeness (QED) is 0.268. The van der Waals surface area contributed by atoms with Gasteiger partial charge >= 0.3 is 11.9 Å². The van der Waals surface area contributed by atoms with Crippen LogP contribution in [0.2, 0.25) is 5.02 Å². The fraction of sp³-hybridized carbons (Fsp3) is 0.500. The molecule has 0 bridgehead atoms. The SMILES string of the molecule is CCOC(=O)C1=CCCCC1S(=O)(=O)N(Cc1cc(C)c([C@]2(C(=O)O)CCC[N+]2(C(=O)[O-])C(C)(C)C)c(C)c1)c1ccc(F)cc1Cl. The van der Waals surface area contributed by atoms with Crippen molar-refractivity contribution in [1.82, 2.24) is 0 Å². The van der Waals surface area contributed by atoms with E-state index in [1.54, 1.807) is 59.8 Å². The third-order valence-electron chi connectivity index (χ3n) is 9.56. The van der Waals surface area contributed by atoms with Gasteiger partial charge in [0.05, 0.1) is 41.5 Å². The number of rotatable bonds is 9. The second-order valence-corrected chi connectivity index (χ2v) is 15.7. The average molecular weight is 693 g/mol. The summed E-state index contributed by atoms with van der Waals surface area (Å²) in [7, 11) is -4.38. The molecule has 10 nitrogen and oxygen atoms in total. The van der Waals surface area contributed by atoms with Crippen LogP contribution in [0.3, 0.4) is 0 Å². The van der Waals surface area contributed by atoms with Crippen molar-refractivity contribution in [3.05, 3.63) is 75.1 Å². The number of aliphatic carboxylic acids is 1. The van der Waals surface area contributed by atoms with E-state index < -0.39 is 54.7 Å². The minimum Gasteiger partial charge on any atom is -0.498 e. The van der Waals surface area contributed by atoms with E-state index in [0.717, 1.165) is 16.4 Å². The lowest BCUT2D eigenvalue weighted by Gasteiger charge is -2.54. The summed E-state index contributed by atoms with van der Waals surface area (Å²) in [6.07, 6.45) is 1.65. The van der Waals surface area contributed by atoms with Gasteiger partial charge in [0, 0.05) is 18.4 Å². The molecule has 1 N–H and O–H groups in total. The zero-order valence-corrected chi connectivity index (χ0v) is 29.1. The van der Waals surface area contributed by atoms with Gasteiger partial charge in [-0.15, -0.1) is 0 Å². The highest BCUT2D eigenvalue weighted by Crippen LogP contribution is 2.52. The molecule has 1 saturated heterocycles. The minimum atomic E-state index is -4.38. The maximum absolute atomic E-state index is 14.5. The Balaban J connectivity index is 1.90. The van der Waals surface area contributed by atoms with Crippen LogP contribution >= 0.6 is 11.6 Å². The fourth-order valence-corrected chi connectivity index (χ4v) is 10.1. The van der Waals surface area contributed by atoms with Crippen LogP contribution in [-0.2, 0) is 36.4 Å². The molecule has 0 saturated carbocycles. The van der Waals surface area contributed by atoms with Crippen LogP contribution < -0.4 is 9.41 Å². The number of benzene rings is 2. The van der Waals surface area contributed by atoms with E-state index in [9.17, 15) is 37.4 Å². The van der Waals surface area contributed by atoms with Crippen molar-refractivity contribution < 1.29 is 46.6 Å². The largest absolute Gasteiger partial charge is 0.498 e. The Kier molecular flexibility index (Phi) is 10.2. The number of carbonyl (C=O) groups is 3. The fourth-order valence-electron chi connectivity index (χ4n) is 7.77. The van der Waals surface area contributed by atoms with Crippen molar-refractivity contribution in [2.75, 3.05) is 17.5 Å². The van der Waals surface area contributed by atoms with Gasteiger partial charge in [-0.05, 0) is 95.7 Å². The van der Waals surface area contributed by atoms with E-state index in [0.29, 0.717) is 41.5 Å². The zero-order valence-electron chi connectivity index (χ0n) is 27.6. The van der Waals surface area contributed by atoms with E-state index in [2.05, 4.69) is 0 Å². The summed E-state index contributed by atoms with van der Waals surface area (Å²) in [6, 6.07) is 6.63. The van der Waals surface area contributed by atoms with Gasteiger partial charge < -0.3 is 19.7 Å². The van der Waals surface area contributed by atoms with E-state index >= 15 is 0 Å². The number of hydrogen-bond donors (Lipinski definition) is 1. The van der Waals surface area contributed by atoms with Crippen LogP contribution in [-0.4, -0.2) is 60.0 Å². The highest BCUT2D eigenvalue weighted by Gasteiger charge is 2.68. The number of allylic oxidation sites excluding steroid dienone is 1. The number of hydrogen-bond acceptors (Lipinski definition) is 7. The molecule has 1 amide bonds. The molecule has 2 aliphatic rings. The number of sulfonamides is 1. The second-order valence-electron chi connectivity index (χ2n) is 13.3. The van der Waals surface area contributed by atoms with Crippen LogP contribution in [0, 0.1) is 19.7 Å². The highest BCUT2D eigenvalue weighted by molar-refractivity contribution is 7.93. The number of halogens is 2. The van der Waals surface area contributed by atoms with Crippen molar-refractivity contribution in [2.24, 2.45) is 0 Å². The van der Waals surface area contributed by atoms with Crippen molar-refractivity contribution >= 4 is 45.3 Å². The molecule has 0 spiro atoms. The normalized spacial score (nSPS) is 23.2. The smallest absolute Gasteiger partial charge is 0.371 e. The van der Waals surface area contributed by atoms with Gasteiger partial charge in [-0.2, -0.15) is 0 Å². The standard InChI is InChI=1S/C34H42ClFN2O8S/c1-7-46-30(39)25-11-8-9-12-28(25)47(44,45)37(27-14-13-24(36)19-26(27)35)20-23-17-21(2)29(22(3)18-23)34(31(40)41)15-10-16-38(34,32(42)43)33(4,5)6/h11,13-14,17-19,28H,7-10,12,15-16,20H2,1-6H3,(H-,40,41,42,43)/t28?,34-,38?/m0/s1. The first-order valence-corrected chi connectivity index (χ1v) is 17.5. The topological polar surface area (TPSA) is 141 Å². The number of carboxylic acid groups (broad SMARTS) is 2. The molecule has 2 aromatic rings. The third kappa shape index (κ3) is 6.04. The summed E-state index contributed by atoms with van der Waals surface area (Å²) in [4.78, 5) is 39.0. The number of amides is 1. The molecule has 47 heavy (non-hydrogen) atoms. The van der Waals surface area contributed by atoms with Crippen LogP contribution in [0.4, 0.5) is 14.9 Å². The molecule has 2 aromatic carbocycles. The van der Waals surface area contributed by atoms with Crippen molar-refractivity contribution in [3.8, 4) is 0 Å². The number of nitrogens with zero attached hydrogens (tertiary/aromatic N) is 2. The number of esters is 1. The molecule has 1 heterocycles. The molecule has 256 valence electrons. The maximum Gasteiger partial charge on any atom is 0.371 e. The number of carbonyl (C=O) groups excluding carboxylic acids is 2. The number of likely N-dealkylation sites (tertiary alicyclic amines) is 1. The first-order chi connectivity index (χ1) is 21.9. The van der Waals surface area contributed by atoms with Gasteiger partial charge in [0.1, 0.15) is 11.1 Å². The molecule has 1 aliphatic carbocycles. The summed E-state index contributed by atoms with van der Waals surface area (Å²) in [5.41, 5.74) is -1.18. The number of carboxylic acids is 1. The molecule has 3 atom stereocenters. The molecular weight excluding hydrogens is 651 g/mol. The molecular formula is C34H42ClFN2O8S. The Hall–Kier alpha value is -3.48. The van der Waals surface area contributed by atoms with Crippen molar-refractivity contribution in [1.29, 1.82) is 0 Å². The van der Waals surface area contributed by atoms with E-state index in [1.807, 2.05) is 0 Å². The second kappa shape index (κ2) is 13.2. The summed E-state index contributed by atoms with van der Waals surface area (Å²) < 4.78 is 48.5. The molecule has 13 heteroatoms. The van der Waals surface area contributed by atoms with Crippen LogP contribution in [0.25, 0.3) is 0 Å². The van der Waals surface area contributed by atoms with Gasteiger partial charge in [0.2, 0.25) is 15.6 Å².